The van der Waals surface area contributed by atoms with E-state index in [1.165, 1.54) is 11.3 Å². The van der Waals surface area contributed by atoms with Crippen LogP contribution >= 0.6 is 22.9 Å². The molecule has 4 nitrogen and oxygen atoms in total. The molecule has 1 amide bonds. The van der Waals surface area contributed by atoms with Crippen molar-refractivity contribution in [2.75, 3.05) is 13.2 Å². The van der Waals surface area contributed by atoms with Gasteiger partial charge in [0.25, 0.3) is 5.91 Å². The molecule has 0 aliphatic carbocycles. The third kappa shape index (κ3) is 3.61. The number of benzene rings is 1. The van der Waals surface area contributed by atoms with Crippen LogP contribution in [-0.2, 0) is 4.74 Å². The average molecular weight is 323 g/mol. The van der Waals surface area contributed by atoms with E-state index in [4.69, 9.17) is 16.3 Å². The maximum Gasteiger partial charge on any atom is 0.270 e. The van der Waals surface area contributed by atoms with E-state index in [2.05, 4.69) is 10.3 Å². The highest BCUT2D eigenvalue weighted by Gasteiger charge is 2.18. The first kappa shape index (κ1) is 14.5. The Morgan fingerprint density at radius 1 is 1.43 bits per heavy atom. The fraction of sp³-hybridized carbons (Fsp3) is 0.333. The molecule has 1 unspecified atom stereocenters. The number of halogens is 1. The van der Waals surface area contributed by atoms with Crippen LogP contribution in [0.25, 0.3) is 10.6 Å². The van der Waals surface area contributed by atoms with E-state index in [-0.39, 0.29) is 12.0 Å². The Kier molecular flexibility index (Phi) is 4.53. The smallest absolute Gasteiger partial charge is 0.270 e. The highest BCUT2D eigenvalue weighted by atomic mass is 35.5. The van der Waals surface area contributed by atoms with Crippen molar-refractivity contribution in [3.8, 4) is 10.6 Å². The van der Waals surface area contributed by atoms with Gasteiger partial charge in [0.2, 0.25) is 0 Å². The topological polar surface area (TPSA) is 51.2 Å². The molecule has 2 aromatic rings. The van der Waals surface area contributed by atoms with Crippen molar-refractivity contribution < 1.29 is 9.53 Å². The molecule has 1 fully saturated rings. The van der Waals surface area contributed by atoms with Gasteiger partial charge in [0, 0.05) is 29.1 Å². The van der Waals surface area contributed by atoms with Crippen LogP contribution in [0.2, 0.25) is 5.02 Å². The molecular formula is C15H15ClN2O2S. The second-order valence-electron chi connectivity index (χ2n) is 4.89. The predicted molar refractivity (Wildman–Crippen MR) is 83.9 cm³/mol. The van der Waals surface area contributed by atoms with Gasteiger partial charge in [0.1, 0.15) is 10.7 Å². The summed E-state index contributed by atoms with van der Waals surface area (Å²) in [5.41, 5.74) is 1.41. The summed E-state index contributed by atoms with van der Waals surface area (Å²) < 4.78 is 5.48. The van der Waals surface area contributed by atoms with Crippen molar-refractivity contribution in [3.05, 3.63) is 40.4 Å². The number of amides is 1. The van der Waals surface area contributed by atoms with Crippen LogP contribution in [0.5, 0.6) is 0 Å². The quantitative estimate of drug-likeness (QED) is 0.939. The Balaban J connectivity index is 1.63. The second kappa shape index (κ2) is 6.56. The Labute approximate surface area is 132 Å². The van der Waals surface area contributed by atoms with Crippen molar-refractivity contribution in [2.24, 2.45) is 0 Å². The summed E-state index contributed by atoms with van der Waals surface area (Å²) in [7, 11) is 0. The lowest BCUT2D eigenvalue weighted by Crippen LogP contribution is -2.31. The number of rotatable bonds is 4. The molecule has 1 saturated heterocycles. The molecule has 3 rings (SSSR count). The van der Waals surface area contributed by atoms with Gasteiger partial charge in [-0.2, -0.15) is 0 Å². The first-order chi connectivity index (χ1) is 10.2. The molecule has 2 heterocycles. The zero-order valence-electron chi connectivity index (χ0n) is 11.3. The number of hydrogen-bond acceptors (Lipinski definition) is 4. The van der Waals surface area contributed by atoms with Gasteiger partial charge >= 0.3 is 0 Å². The number of aromatic nitrogens is 1. The number of nitrogens with one attached hydrogen (secondary N) is 1. The molecule has 1 aliphatic rings. The lowest BCUT2D eigenvalue weighted by atomic mass is 10.2. The highest BCUT2D eigenvalue weighted by molar-refractivity contribution is 7.13. The summed E-state index contributed by atoms with van der Waals surface area (Å²) in [6.45, 7) is 1.34. The van der Waals surface area contributed by atoms with Gasteiger partial charge in [-0.1, -0.05) is 23.7 Å². The van der Waals surface area contributed by atoms with Crippen molar-refractivity contribution in [3.63, 3.8) is 0 Å². The lowest BCUT2D eigenvalue weighted by Gasteiger charge is -2.09. The van der Waals surface area contributed by atoms with Crippen LogP contribution in [-0.4, -0.2) is 30.1 Å². The highest BCUT2D eigenvalue weighted by Crippen LogP contribution is 2.25. The van der Waals surface area contributed by atoms with Gasteiger partial charge in [0.15, 0.2) is 0 Å². The molecule has 0 bridgehead atoms. The van der Waals surface area contributed by atoms with Gasteiger partial charge in [0.05, 0.1) is 6.10 Å². The maximum absolute atomic E-state index is 12.1. The van der Waals surface area contributed by atoms with E-state index >= 15 is 0 Å². The minimum absolute atomic E-state index is 0.142. The van der Waals surface area contributed by atoms with Crippen LogP contribution in [0, 0.1) is 0 Å². The standard InChI is InChI=1S/C15H15ClN2O2S/c16-11-5-3-10(4-6-11)15-18-13(9-21-15)14(19)17-8-12-2-1-7-20-12/h3-6,9,12H,1-2,7-8H2,(H,17,19). The maximum atomic E-state index is 12.1. The Morgan fingerprint density at radius 3 is 2.95 bits per heavy atom. The van der Waals surface area contributed by atoms with Crippen LogP contribution < -0.4 is 5.32 Å². The molecule has 1 atom stereocenters. The first-order valence-corrected chi connectivity index (χ1v) is 8.09. The first-order valence-electron chi connectivity index (χ1n) is 6.83. The molecule has 1 aromatic carbocycles. The van der Waals surface area contributed by atoms with Gasteiger partial charge in [-0.15, -0.1) is 11.3 Å². The van der Waals surface area contributed by atoms with Crippen LogP contribution in [0.1, 0.15) is 23.3 Å². The molecule has 1 aliphatic heterocycles. The number of thiazole rings is 1. The number of nitrogens with zero attached hydrogens (tertiary/aromatic N) is 1. The molecule has 0 saturated carbocycles. The van der Waals surface area contributed by atoms with Gasteiger partial charge in [-0.05, 0) is 25.0 Å². The summed E-state index contributed by atoms with van der Waals surface area (Å²) in [5.74, 6) is -0.151. The minimum atomic E-state index is -0.151. The third-order valence-corrected chi connectivity index (χ3v) is 4.49. The second-order valence-corrected chi connectivity index (χ2v) is 6.18. The molecular weight excluding hydrogens is 308 g/mol. The lowest BCUT2D eigenvalue weighted by molar-refractivity contribution is 0.0854. The zero-order chi connectivity index (χ0) is 14.7. The van der Waals surface area contributed by atoms with Gasteiger partial charge in [-0.3, -0.25) is 4.79 Å². The fourth-order valence-electron chi connectivity index (χ4n) is 2.21. The monoisotopic (exact) mass is 322 g/mol. The van der Waals surface area contributed by atoms with Crippen molar-refractivity contribution in [1.82, 2.24) is 10.3 Å². The molecule has 110 valence electrons. The summed E-state index contributed by atoms with van der Waals surface area (Å²) in [5, 5.41) is 6.15. The molecule has 1 N–H and O–H groups in total. The average Bonchev–Trinajstić information content (AvgIpc) is 3.17. The molecule has 0 spiro atoms. The fourth-order valence-corrected chi connectivity index (χ4v) is 3.14. The normalized spacial score (nSPS) is 17.9. The summed E-state index contributed by atoms with van der Waals surface area (Å²) in [4.78, 5) is 16.4. The Bertz CT molecular complexity index is 621. The van der Waals surface area contributed by atoms with Crippen molar-refractivity contribution in [1.29, 1.82) is 0 Å². The SMILES string of the molecule is O=C(NCC1CCCO1)c1csc(-c2ccc(Cl)cc2)n1. The third-order valence-electron chi connectivity index (χ3n) is 3.34. The predicted octanol–water partition coefficient (Wildman–Crippen LogP) is 3.37. The van der Waals surface area contributed by atoms with E-state index < -0.39 is 0 Å². The summed E-state index contributed by atoms with van der Waals surface area (Å²) in [6.07, 6.45) is 2.22. The Hall–Kier alpha value is -1.43. The number of carbonyl (C=O) groups excluding carboxylic acids is 1. The number of ether oxygens (including phenoxy) is 1. The number of hydrogen-bond donors (Lipinski definition) is 1. The van der Waals surface area contributed by atoms with E-state index in [1.54, 1.807) is 5.38 Å². The number of carbonyl (C=O) groups is 1. The zero-order valence-corrected chi connectivity index (χ0v) is 12.9. The minimum Gasteiger partial charge on any atom is -0.376 e. The van der Waals surface area contributed by atoms with Gasteiger partial charge < -0.3 is 10.1 Å². The summed E-state index contributed by atoms with van der Waals surface area (Å²) in [6, 6.07) is 7.43. The Morgan fingerprint density at radius 2 is 2.24 bits per heavy atom. The van der Waals surface area contributed by atoms with Crippen molar-refractivity contribution in [2.45, 2.75) is 18.9 Å². The molecule has 0 radical (unpaired) electrons. The van der Waals surface area contributed by atoms with Crippen LogP contribution in [0.4, 0.5) is 0 Å². The van der Waals surface area contributed by atoms with Gasteiger partial charge in [-0.25, -0.2) is 4.98 Å². The molecule has 1 aromatic heterocycles. The van der Waals surface area contributed by atoms with E-state index in [0.29, 0.717) is 17.3 Å². The largest absolute Gasteiger partial charge is 0.376 e. The van der Waals surface area contributed by atoms with E-state index in [9.17, 15) is 4.79 Å². The van der Waals surface area contributed by atoms with E-state index in [0.717, 1.165) is 30.0 Å². The van der Waals surface area contributed by atoms with E-state index in [1.807, 2.05) is 24.3 Å². The summed E-state index contributed by atoms with van der Waals surface area (Å²) >= 11 is 7.31. The van der Waals surface area contributed by atoms with Crippen molar-refractivity contribution >= 4 is 28.8 Å². The van der Waals surface area contributed by atoms with Crippen LogP contribution in [0.3, 0.4) is 0 Å². The molecule has 6 heteroatoms. The molecule has 21 heavy (non-hydrogen) atoms. The van der Waals surface area contributed by atoms with Crippen LogP contribution in [0.15, 0.2) is 29.6 Å².